The van der Waals surface area contributed by atoms with Crippen LogP contribution in [0.3, 0.4) is 0 Å². The first-order chi connectivity index (χ1) is 9.72. The van der Waals surface area contributed by atoms with E-state index >= 15 is 0 Å². The van der Waals surface area contributed by atoms with E-state index in [4.69, 9.17) is 0 Å². The standard InChI is InChI=1S/C13H12BrN5O/c1-2-4-19-12(10(14)7-17-19)13(20)9-6-16-18-5-3-15-8-11(9)18/h3,5-8H,2,4H2,1H3. The van der Waals surface area contributed by atoms with Gasteiger partial charge in [0.25, 0.3) is 0 Å². The summed E-state index contributed by atoms with van der Waals surface area (Å²) < 4.78 is 4.04. The van der Waals surface area contributed by atoms with Gasteiger partial charge in [-0.1, -0.05) is 6.92 Å². The van der Waals surface area contributed by atoms with E-state index in [1.807, 2.05) is 6.92 Å². The van der Waals surface area contributed by atoms with Crippen LogP contribution >= 0.6 is 15.9 Å². The molecule has 0 aliphatic rings. The van der Waals surface area contributed by atoms with E-state index in [1.54, 1.807) is 40.2 Å². The number of fused-ring (bicyclic) bond motifs is 1. The lowest BCUT2D eigenvalue weighted by Crippen LogP contribution is -2.12. The van der Waals surface area contributed by atoms with Crippen molar-refractivity contribution in [3.8, 4) is 0 Å². The summed E-state index contributed by atoms with van der Waals surface area (Å²) in [5, 5.41) is 8.39. The Morgan fingerprint density at radius 1 is 1.30 bits per heavy atom. The molecule has 0 fully saturated rings. The SMILES string of the molecule is CCCn1ncc(Br)c1C(=O)c1cnn2ccncc12. The highest BCUT2D eigenvalue weighted by Gasteiger charge is 2.21. The van der Waals surface area contributed by atoms with Gasteiger partial charge in [-0.3, -0.25) is 14.5 Å². The van der Waals surface area contributed by atoms with Gasteiger partial charge in [-0.25, -0.2) is 4.52 Å². The summed E-state index contributed by atoms with van der Waals surface area (Å²) in [6.07, 6.45) is 9.09. The maximum atomic E-state index is 12.7. The largest absolute Gasteiger partial charge is 0.287 e. The fourth-order valence-electron chi connectivity index (χ4n) is 2.11. The van der Waals surface area contributed by atoms with Crippen LogP contribution in [-0.4, -0.2) is 30.2 Å². The van der Waals surface area contributed by atoms with Crippen LogP contribution < -0.4 is 0 Å². The normalized spacial score (nSPS) is 11.1. The zero-order valence-corrected chi connectivity index (χ0v) is 12.4. The molecule has 3 rings (SSSR count). The molecule has 102 valence electrons. The molecule has 0 aromatic carbocycles. The van der Waals surface area contributed by atoms with E-state index < -0.39 is 0 Å². The van der Waals surface area contributed by atoms with E-state index in [1.165, 1.54) is 0 Å². The Labute approximate surface area is 123 Å². The number of halogens is 1. The van der Waals surface area contributed by atoms with Crippen molar-refractivity contribution in [1.82, 2.24) is 24.4 Å². The third-order valence-corrected chi connectivity index (χ3v) is 3.59. The van der Waals surface area contributed by atoms with Gasteiger partial charge >= 0.3 is 0 Å². The summed E-state index contributed by atoms with van der Waals surface area (Å²) in [5.41, 5.74) is 1.76. The summed E-state index contributed by atoms with van der Waals surface area (Å²) in [5.74, 6) is -0.106. The Bertz CT molecular complexity index is 776. The van der Waals surface area contributed by atoms with Crippen molar-refractivity contribution in [2.75, 3.05) is 0 Å². The minimum absolute atomic E-state index is 0.106. The molecule has 20 heavy (non-hydrogen) atoms. The minimum atomic E-state index is -0.106. The second-order valence-corrected chi connectivity index (χ2v) is 5.21. The van der Waals surface area contributed by atoms with Gasteiger partial charge in [0.2, 0.25) is 5.78 Å². The summed E-state index contributed by atoms with van der Waals surface area (Å²) in [4.78, 5) is 16.8. The molecule has 3 aromatic rings. The van der Waals surface area contributed by atoms with Gasteiger partial charge in [-0.15, -0.1) is 0 Å². The lowest BCUT2D eigenvalue weighted by molar-refractivity contribution is 0.102. The topological polar surface area (TPSA) is 65.1 Å². The molecular formula is C13H12BrN5O. The Morgan fingerprint density at radius 2 is 2.15 bits per heavy atom. The van der Waals surface area contributed by atoms with E-state index in [9.17, 15) is 4.79 Å². The molecule has 0 atom stereocenters. The molecule has 0 N–H and O–H groups in total. The summed E-state index contributed by atoms with van der Waals surface area (Å²) >= 11 is 3.39. The van der Waals surface area contributed by atoms with Crippen LogP contribution in [0.15, 0.2) is 35.5 Å². The first kappa shape index (κ1) is 13.0. The molecule has 0 aliphatic heterocycles. The highest BCUT2D eigenvalue weighted by atomic mass is 79.9. The van der Waals surface area contributed by atoms with Gasteiger partial charge in [-0.05, 0) is 22.4 Å². The van der Waals surface area contributed by atoms with Crippen LogP contribution in [0, 0.1) is 0 Å². The highest BCUT2D eigenvalue weighted by molar-refractivity contribution is 9.10. The molecule has 0 aliphatic carbocycles. The predicted octanol–water partition coefficient (Wildman–Crippen LogP) is 2.33. The number of ketones is 1. The second kappa shape index (κ2) is 5.16. The van der Waals surface area contributed by atoms with Crippen LogP contribution in [0.25, 0.3) is 5.52 Å². The third kappa shape index (κ3) is 2.03. The van der Waals surface area contributed by atoms with Crippen molar-refractivity contribution in [2.45, 2.75) is 19.9 Å². The van der Waals surface area contributed by atoms with Crippen molar-refractivity contribution >= 4 is 27.2 Å². The molecule has 3 heterocycles. The van der Waals surface area contributed by atoms with E-state index in [2.05, 4.69) is 31.1 Å². The van der Waals surface area contributed by atoms with Gasteiger partial charge in [0.15, 0.2) is 0 Å². The van der Waals surface area contributed by atoms with Gasteiger partial charge in [0.1, 0.15) is 5.69 Å². The van der Waals surface area contributed by atoms with Crippen molar-refractivity contribution < 1.29 is 4.79 Å². The van der Waals surface area contributed by atoms with Crippen LogP contribution in [0.2, 0.25) is 0 Å². The highest BCUT2D eigenvalue weighted by Crippen LogP contribution is 2.22. The number of rotatable bonds is 4. The Kier molecular flexibility index (Phi) is 3.35. The number of aryl methyl sites for hydroxylation is 1. The lowest BCUT2D eigenvalue weighted by atomic mass is 10.1. The maximum Gasteiger partial charge on any atom is 0.216 e. The number of nitrogens with zero attached hydrogens (tertiary/aromatic N) is 5. The molecule has 0 unspecified atom stereocenters. The fraction of sp³-hybridized carbons (Fsp3) is 0.231. The molecule has 0 radical (unpaired) electrons. The van der Waals surface area contributed by atoms with Crippen molar-refractivity contribution in [1.29, 1.82) is 0 Å². The van der Waals surface area contributed by atoms with Crippen LogP contribution in [0.5, 0.6) is 0 Å². The maximum absolute atomic E-state index is 12.7. The van der Waals surface area contributed by atoms with Crippen LogP contribution in [0.4, 0.5) is 0 Å². The zero-order chi connectivity index (χ0) is 14.1. The molecule has 3 aromatic heterocycles. The number of hydrogen-bond donors (Lipinski definition) is 0. The second-order valence-electron chi connectivity index (χ2n) is 4.36. The smallest absolute Gasteiger partial charge is 0.216 e. The van der Waals surface area contributed by atoms with E-state index in [0.29, 0.717) is 27.8 Å². The number of hydrogen-bond acceptors (Lipinski definition) is 4. The average Bonchev–Trinajstić information content (AvgIpc) is 3.03. The van der Waals surface area contributed by atoms with Crippen LogP contribution in [-0.2, 0) is 6.54 Å². The molecule has 0 spiro atoms. The molecule has 6 nitrogen and oxygen atoms in total. The first-order valence-electron chi connectivity index (χ1n) is 6.25. The molecule has 0 amide bonds. The fourth-order valence-corrected chi connectivity index (χ4v) is 2.58. The van der Waals surface area contributed by atoms with Crippen molar-refractivity contribution in [2.24, 2.45) is 0 Å². The molecule has 7 heteroatoms. The predicted molar refractivity (Wildman–Crippen MR) is 76.6 cm³/mol. The minimum Gasteiger partial charge on any atom is -0.287 e. The number of carbonyl (C=O) groups is 1. The summed E-state index contributed by atoms with van der Waals surface area (Å²) in [6, 6.07) is 0. The van der Waals surface area contributed by atoms with Crippen molar-refractivity contribution in [3.05, 3.63) is 46.7 Å². The van der Waals surface area contributed by atoms with Gasteiger partial charge < -0.3 is 0 Å². The third-order valence-electron chi connectivity index (χ3n) is 3.01. The Morgan fingerprint density at radius 3 is 2.95 bits per heavy atom. The molecular weight excluding hydrogens is 322 g/mol. The van der Waals surface area contributed by atoms with Crippen molar-refractivity contribution in [3.63, 3.8) is 0 Å². The molecule has 0 saturated carbocycles. The molecule has 0 saturated heterocycles. The molecule has 0 bridgehead atoms. The monoisotopic (exact) mass is 333 g/mol. The van der Waals surface area contributed by atoms with Crippen LogP contribution in [0.1, 0.15) is 29.4 Å². The van der Waals surface area contributed by atoms with E-state index in [0.717, 1.165) is 6.42 Å². The van der Waals surface area contributed by atoms with Gasteiger partial charge in [-0.2, -0.15) is 10.2 Å². The lowest BCUT2D eigenvalue weighted by Gasteiger charge is -2.05. The summed E-state index contributed by atoms with van der Waals surface area (Å²) in [7, 11) is 0. The quantitative estimate of drug-likeness (QED) is 0.687. The Hall–Kier alpha value is -2.02. The van der Waals surface area contributed by atoms with Gasteiger partial charge in [0.05, 0.1) is 34.1 Å². The number of carbonyl (C=O) groups excluding carboxylic acids is 1. The Balaban J connectivity index is 2.11. The van der Waals surface area contributed by atoms with E-state index in [-0.39, 0.29) is 5.78 Å². The number of aromatic nitrogens is 5. The van der Waals surface area contributed by atoms with Gasteiger partial charge in [0, 0.05) is 18.9 Å². The first-order valence-corrected chi connectivity index (χ1v) is 7.05. The zero-order valence-electron chi connectivity index (χ0n) is 10.8. The average molecular weight is 334 g/mol. The summed E-state index contributed by atoms with van der Waals surface area (Å²) in [6.45, 7) is 2.74.